The summed E-state index contributed by atoms with van der Waals surface area (Å²) in [5.74, 6) is 1.36. The van der Waals surface area contributed by atoms with Crippen LogP contribution in [0.4, 0.5) is 5.69 Å². The summed E-state index contributed by atoms with van der Waals surface area (Å²) in [4.78, 5) is 0. The van der Waals surface area contributed by atoms with E-state index in [1.54, 1.807) is 25.3 Å². The predicted molar refractivity (Wildman–Crippen MR) is 87.7 cm³/mol. The summed E-state index contributed by atoms with van der Waals surface area (Å²) in [6.45, 7) is 2.44. The molecule has 4 nitrogen and oxygen atoms in total. The van der Waals surface area contributed by atoms with Gasteiger partial charge in [0.1, 0.15) is 12.2 Å². The fourth-order valence-electron chi connectivity index (χ4n) is 2.02. The molecule has 1 N–H and O–H groups in total. The van der Waals surface area contributed by atoms with E-state index in [0.717, 1.165) is 0 Å². The Labute approximate surface area is 135 Å². The molecule has 0 fully saturated rings. The number of nitrogens with zero attached hydrogens (tertiary/aromatic N) is 1. The molecule has 5 heteroatoms. The van der Waals surface area contributed by atoms with E-state index in [-0.39, 0.29) is 6.10 Å². The van der Waals surface area contributed by atoms with Crippen LogP contribution in [0.25, 0.3) is 0 Å². The molecule has 2 aromatic rings. The van der Waals surface area contributed by atoms with Gasteiger partial charge in [0.2, 0.25) is 0 Å². The molecule has 0 saturated heterocycles. The minimum atomic E-state index is -0.126. The van der Waals surface area contributed by atoms with Crippen molar-refractivity contribution in [3.8, 4) is 17.6 Å². The molecule has 114 valence electrons. The van der Waals surface area contributed by atoms with Crippen molar-refractivity contribution in [3.05, 3.63) is 53.1 Å². The minimum absolute atomic E-state index is 0.126. The van der Waals surface area contributed by atoms with Crippen molar-refractivity contribution < 1.29 is 9.47 Å². The molecule has 0 heterocycles. The highest BCUT2D eigenvalue weighted by molar-refractivity contribution is 6.33. The van der Waals surface area contributed by atoms with Gasteiger partial charge in [-0.1, -0.05) is 29.8 Å². The third-order valence-corrected chi connectivity index (χ3v) is 3.41. The molecule has 0 bridgehead atoms. The predicted octanol–water partition coefficient (Wildman–Crippen LogP) is 4.10. The summed E-state index contributed by atoms with van der Waals surface area (Å²) in [5.41, 5.74) is 1.14. The van der Waals surface area contributed by atoms with E-state index < -0.39 is 0 Å². The zero-order chi connectivity index (χ0) is 15.9. The Bertz CT molecular complexity index is 683. The lowest BCUT2D eigenvalue weighted by Gasteiger charge is -2.18. The van der Waals surface area contributed by atoms with Crippen LogP contribution in [0.3, 0.4) is 0 Å². The Morgan fingerprint density at radius 2 is 1.91 bits per heavy atom. The number of para-hydroxylation sites is 3. The number of rotatable bonds is 6. The molecule has 0 aliphatic carbocycles. The van der Waals surface area contributed by atoms with Gasteiger partial charge >= 0.3 is 0 Å². The summed E-state index contributed by atoms with van der Waals surface area (Å²) in [7, 11) is 1.61. The van der Waals surface area contributed by atoms with E-state index in [0.29, 0.717) is 34.3 Å². The summed E-state index contributed by atoms with van der Waals surface area (Å²) >= 11 is 6.13. The van der Waals surface area contributed by atoms with Gasteiger partial charge in [-0.2, -0.15) is 5.26 Å². The topological polar surface area (TPSA) is 54.3 Å². The van der Waals surface area contributed by atoms with Gasteiger partial charge in [-0.25, -0.2) is 0 Å². The lowest BCUT2D eigenvalue weighted by Crippen LogP contribution is -2.23. The average Bonchev–Trinajstić information content (AvgIpc) is 2.54. The second kappa shape index (κ2) is 7.58. The number of ether oxygens (including phenoxy) is 2. The number of nitriles is 1. The fraction of sp³-hybridized carbons (Fsp3) is 0.235. The van der Waals surface area contributed by atoms with Crippen LogP contribution in [0, 0.1) is 11.3 Å². The molecule has 0 radical (unpaired) electrons. The van der Waals surface area contributed by atoms with Gasteiger partial charge in [0.25, 0.3) is 0 Å². The number of methoxy groups -OCH3 is 1. The molecule has 22 heavy (non-hydrogen) atoms. The van der Waals surface area contributed by atoms with E-state index in [1.165, 1.54) is 0 Å². The van der Waals surface area contributed by atoms with E-state index in [4.69, 9.17) is 26.3 Å². The van der Waals surface area contributed by atoms with Gasteiger partial charge in [-0.15, -0.1) is 0 Å². The highest BCUT2D eigenvalue weighted by Gasteiger charge is 2.11. The third-order valence-electron chi connectivity index (χ3n) is 3.10. The smallest absolute Gasteiger partial charge is 0.161 e. The first kappa shape index (κ1) is 16.0. The van der Waals surface area contributed by atoms with Crippen LogP contribution in [0.1, 0.15) is 12.5 Å². The number of anilines is 1. The first-order valence-electron chi connectivity index (χ1n) is 6.88. The second-order valence-electron chi connectivity index (χ2n) is 4.73. The highest BCUT2D eigenvalue weighted by atomic mass is 35.5. The van der Waals surface area contributed by atoms with Gasteiger partial charge in [-0.05, 0) is 31.2 Å². The van der Waals surface area contributed by atoms with Gasteiger partial charge in [0.05, 0.1) is 29.9 Å². The fourth-order valence-corrected chi connectivity index (χ4v) is 2.26. The zero-order valence-electron chi connectivity index (χ0n) is 12.5. The van der Waals surface area contributed by atoms with Crippen LogP contribution in [0.15, 0.2) is 42.5 Å². The Morgan fingerprint density at radius 1 is 1.18 bits per heavy atom. The maximum absolute atomic E-state index is 9.12. The Kier molecular flexibility index (Phi) is 5.51. The molecule has 0 aliphatic heterocycles. The van der Waals surface area contributed by atoms with Crippen LogP contribution < -0.4 is 14.8 Å². The molecule has 0 saturated carbocycles. The molecule has 0 aliphatic rings. The molecule has 0 amide bonds. The van der Waals surface area contributed by atoms with Crippen LogP contribution in [0.5, 0.6) is 11.5 Å². The van der Waals surface area contributed by atoms with Crippen LogP contribution >= 0.6 is 11.6 Å². The average molecular weight is 317 g/mol. The van der Waals surface area contributed by atoms with Crippen LogP contribution in [0.2, 0.25) is 5.02 Å². The number of halogens is 1. The molecule has 1 atom stereocenters. The first-order chi connectivity index (χ1) is 10.7. The van der Waals surface area contributed by atoms with Crippen LogP contribution in [-0.2, 0) is 0 Å². The van der Waals surface area contributed by atoms with Gasteiger partial charge in [0, 0.05) is 0 Å². The van der Waals surface area contributed by atoms with Crippen molar-refractivity contribution in [2.75, 3.05) is 19.0 Å². The lowest BCUT2D eigenvalue weighted by atomic mass is 10.2. The Morgan fingerprint density at radius 3 is 2.59 bits per heavy atom. The third kappa shape index (κ3) is 3.84. The van der Waals surface area contributed by atoms with Crippen molar-refractivity contribution in [1.29, 1.82) is 5.26 Å². The minimum Gasteiger partial charge on any atom is -0.493 e. The highest BCUT2D eigenvalue weighted by Crippen LogP contribution is 2.28. The van der Waals surface area contributed by atoms with E-state index in [9.17, 15) is 0 Å². The molecular weight excluding hydrogens is 300 g/mol. The molecule has 2 rings (SSSR count). The maximum Gasteiger partial charge on any atom is 0.161 e. The van der Waals surface area contributed by atoms with Crippen molar-refractivity contribution in [1.82, 2.24) is 0 Å². The van der Waals surface area contributed by atoms with E-state index >= 15 is 0 Å². The monoisotopic (exact) mass is 316 g/mol. The van der Waals surface area contributed by atoms with Crippen molar-refractivity contribution in [2.24, 2.45) is 0 Å². The van der Waals surface area contributed by atoms with Crippen molar-refractivity contribution >= 4 is 17.3 Å². The molecule has 2 aromatic carbocycles. The normalized spacial score (nSPS) is 11.4. The summed E-state index contributed by atoms with van der Waals surface area (Å²) in [6.07, 6.45) is -0.126. The van der Waals surface area contributed by atoms with Crippen LogP contribution in [-0.4, -0.2) is 19.8 Å². The Balaban J connectivity index is 2.02. The zero-order valence-corrected chi connectivity index (χ0v) is 13.2. The molecule has 0 aromatic heterocycles. The molecule has 1 unspecified atom stereocenters. The van der Waals surface area contributed by atoms with E-state index in [2.05, 4.69) is 11.4 Å². The lowest BCUT2D eigenvalue weighted by molar-refractivity contribution is 0.223. The molecule has 0 spiro atoms. The standard InChI is InChI=1S/C17H17ClN2O2/c1-12(22-16-9-4-3-8-15(16)21-2)11-20-17-13(10-19)6-5-7-14(17)18/h3-9,12,20H,11H2,1-2H3. The first-order valence-corrected chi connectivity index (χ1v) is 7.25. The molecular formula is C17H17ClN2O2. The number of hydrogen-bond donors (Lipinski definition) is 1. The Hall–Kier alpha value is -2.38. The van der Waals surface area contributed by atoms with Gasteiger partial charge in [-0.3, -0.25) is 0 Å². The number of hydrogen-bond acceptors (Lipinski definition) is 4. The maximum atomic E-state index is 9.12. The largest absolute Gasteiger partial charge is 0.493 e. The SMILES string of the molecule is COc1ccccc1OC(C)CNc1c(Cl)cccc1C#N. The summed E-state index contributed by atoms with van der Waals surface area (Å²) in [5, 5.41) is 12.8. The van der Waals surface area contributed by atoms with Crippen molar-refractivity contribution in [3.63, 3.8) is 0 Å². The quantitative estimate of drug-likeness (QED) is 0.871. The summed E-state index contributed by atoms with van der Waals surface area (Å²) in [6, 6.07) is 14.8. The van der Waals surface area contributed by atoms with Crippen molar-refractivity contribution in [2.45, 2.75) is 13.0 Å². The van der Waals surface area contributed by atoms with Gasteiger partial charge < -0.3 is 14.8 Å². The van der Waals surface area contributed by atoms with Gasteiger partial charge in [0.15, 0.2) is 11.5 Å². The summed E-state index contributed by atoms with van der Waals surface area (Å²) < 4.78 is 11.1. The number of benzene rings is 2. The second-order valence-corrected chi connectivity index (χ2v) is 5.14. The number of nitrogens with one attached hydrogen (secondary N) is 1. The van der Waals surface area contributed by atoms with E-state index in [1.807, 2.05) is 31.2 Å².